The van der Waals surface area contributed by atoms with Crippen LogP contribution in [0.25, 0.3) is 0 Å². The van der Waals surface area contributed by atoms with Gasteiger partial charge in [0.25, 0.3) is 0 Å². The van der Waals surface area contributed by atoms with Crippen LogP contribution in [0.4, 0.5) is 4.79 Å². The van der Waals surface area contributed by atoms with Crippen molar-refractivity contribution >= 4 is 13.9 Å². The van der Waals surface area contributed by atoms with Crippen molar-refractivity contribution in [3.05, 3.63) is 30.6 Å². The minimum Gasteiger partial charge on any atom is -0.870 e. The first-order valence-corrected chi connectivity index (χ1v) is 20.9. The number of carbonyl (C=O) groups excluding carboxylic acids is 1. The lowest BCUT2D eigenvalue weighted by Crippen LogP contribution is -2.54. The Morgan fingerprint density at radius 3 is 2.35 bits per heavy atom. The second kappa shape index (κ2) is 17.3. The Balaban J connectivity index is 0.00000541. The maximum atomic E-state index is 12.7. The standard InChI is InChI=1S/C39H65N2O6P.H2O/c1-7-30(28(2)3)12-11-29(4)34-15-16-35-33-14-13-31-27-32(17-19-38(31,5)36(33)18-20-39(34,35)6)47-37(42)40-21-25-45-48(43,44)46-26-24-41-22-9-8-10-23-41;/h8-10,22-23,28-36H,7,11-21,24-27H2,1-6H3,(H-,40,42,43,44);1H2/t29-,30-,31+,32+,33?,34-,35?,36?,38+,39-;/m1./s1. The predicted molar refractivity (Wildman–Crippen MR) is 191 cm³/mol. The summed E-state index contributed by atoms with van der Waals surface area (Å²) in [5, 5.41) is 2.70. The van der Waals surface area contributed by atoms with Gasteiger partial charge < -0.3 is 20.4 Å². The number of amides is 1. The molecule has 280 valence electrons. The largest absolute Gasteiger partial charge is 0.870 e. The molecule has 1 amide bonds. The fraction of sp³-hybridized carbons (Fsp3) is 0.846. The molecule has 3 N–H and O–H groups in total. The number of hydrogen-bond acceptors (Lipinski definition) is 6. The lowest BCUT2D eigenvalue weighted by Gasteiger charge is -2.61. The number of pyridine rings is 1. The monoisotopic (exact) mass is 706 g/mol. The van der Waals surface area contributed by atoms with Gasteiger partial charge in [0.1, 0.15) is 12.7 Å². The Kier molecular flexibility index (Phi) is 14.2. The number of alkyl carbamates (subject to hydrolysis) is 1. The smallest absolute Gasteiger partial charge is 0.472 e. The van der Waals surface area contributed by atoms with Gasteiger partial charge in [-0.2, -0.15) is 0 Å². The number of carbonyl (C=O) groups is 1. The summed E-state index contributed by atoms with van der Waals surface area (Å²) in [7, 11) is -4.20. The number of ether oxygens (including phenoxy) is 1. The SMILES string of the molecule is CC[C@H](CC[C@@H](C)[C@H]1CCC2C3CC[C@H]4C[C@@H](OC(=O)NCCOP(=O)(O)OCC[n+]5ccccc5)CC[C@]4(C)C3CC[C@@]21C)C(C)C.[OH-]. The summed E-state index contributed by atoms with van der Waals surface area (Å²) in [6, 6.07) is 5.66. The van der Waals surface area contributed by atoms with Crippen LogP contribution in [0, 0.1) is 58.2 Å². The van der Waals surface area contributed by atoms with Crippen molar-refractivity contribution in [3.8, 4) is 0 Å². The van der Waals surface area contributed by atoms with Crippen molar-refractivity contribution < 1.29 is 38.1 Å². The molecule has 5 rings (SSSR count). The molecular weight excluding hydrogens is 639 g/mol. The van der Waals surface area contributed by atoms with Crippen LogP contribution in [0.5, 0.6) is 0 Å². The van der Waals surface area contributed by atoms with E-state index in [1.807, 2.05) is 35.2 Å². The minimum atomic E-state index is -4.20. The van der Waals surface area contributed by atoms with Crippen molar-refractivity contribution in [2.45, 2.75) is 131 Å². The number of nitrogens with one attached hydrogen (secondary N) is 1. The first-order chi connectivity index (χ1) is 22.9. The van der Waals surface area contributed by atoms with Crippen LogP contribution in [-0.2, 0) is 24.9 Å². The number of aromatic nitrogens is 1. The van der Waals surface area contributed by atoms with E-state index in [2.05, 4.69) is 46.9 Å². The second-order valence-corrected chi connectivity index (χ2v) is 18.3. The molecule has 0 aromatic carbocycles. The third kappa shape index (κ3) is 9.49. The number of phosphoric ester groups is 1. The van der Waals surface area contributed by atoms with E-state index in [1.54, 1.807) is 0 Å². The molecule has 49 heavy (non-hydrogen) atoms. The fourth-order valence-electron chi connectivity index (χ4n) is 11.4. The molecule has 0 spiro atoms. The van der Waals surface area contributed by atoms with Gasteiger partial charge in [-0.3, -0.25) is 9.05 Å². The molecule has 4 aliphatic rings. The van der Waals surface area contributed by atoms with Crippen molar-refractivity contribution in [2.24, 2.45) is 58.2 Å². The Bertz CT molecular complexity index is 1230. The van der Waals surface area contributed by atoms with Crippen LogP contribution in [-0.4, -0.2) is 42.3 Å². The molecule has 0 radical (unpaired) electrons. The van der Waals surface area contributed by atoms with Crippen LogP contribution in [0.2, 0.25) is 0 Å². The van der Waals surface area contributed by atoms with Gasteiger partial charge in [-0.15, -0.1) is 0 Å². The number of phosphoric acid groups is 1. The summed E-state index contributed by atoms with van der Waals surface area (Å²) in [4.78, 5) is 22.6. The zero-order valence-corrected chi connectivity index (χ0v) is 32.1. The molecule has 4 fully saturated rings. The number of fused-ring (bicyclic) bond motifs is 5. The highest BCUT2D eigenvalue weighted by Crippen LogP contribution is 2.68. The summed E-state index contributed by atoms with van der Waals surface area (Å²) in [5.74, 6) is 6.48. The lowest BCUT2D eigenvalue weighted by molar-refractivity contribution is -0.697. The molecule has 11 atom stereocenters. The molecule has 1 aromatic rings. The van der Waals surface area contributed by atoms with Crippen LogP contribution in [0.1, 0.15) is 119 Å². The van der Waals surface area contributed by atoms with E-state index in [-0.39, 0.29) is 31.3 Å². The Labute approximate surface area is 296 Å². The molecule has 1 heterocycles. The van der Waals surface area contributed by atoms with Gasteiger partial charge in [0.15, 0.2) is 18.9 Å². The van der Waals surface area contributed by atoms with Gasteiger partial charge in [0, 0.05) is 18.7 Å². The molecule has 0 saturated heterocycles. The molecular formula is C39H67N2O7P. The van der Waals surface area contributed by atoms with Crippen molar-refractivity contribution in [3.63, 3.8) is 0 Å². The maximum Gasteiger partial charge on any atom is 0.472 e. The lowest BCUT2D eigenvalue weighted by atomic mass is 9.44. The van der Waals surface area contributed by atoms with Gasteiger partial charge in [-0.05, 0) is 122 Å². The van der Waals surface area contributed by atoms with Crippen molar-refractivity contribution in [2.75, 3.05) is 19.8 Å². The molecule has 1 aromatic heterocycles. The van der Waals surface area contributed by atoms with Gasteiger partial charge in [0.05, 0.1) is 6.61 Å². The molecule has 9 nitrogen and oxygen atoms in total. The van der Waals surface area contributed by atoms with Gasteiger partial charge >= 0.3 is 13.9 Å². The van der Waals surface area contributed by atoms with E-state index in [0.717, 1.165) is 60.7 Å². The average molecular weight is 707 g/mol. The number of nitrogens with zero attached hydrogens (tertiary/aromatic N) is 1. The number of hydrogen-bond donors (Lipinski definition) is 2. The molecule has 4 unspecified atom stereocenters. The van der Waals surface area contributed by atoms with Crippen LogP contribution in [0.15, 0.2) is 30.6 Å². The van der Waals surface area contributed by atoms with Crippen LogP contribution in [0.3, 0.4) is 0 Å². The van der Waals surface area contributed by atoms with Gasteiger partial charge in [-0.1, -0.05) is 60.5 Å². The van der Waals surface area contributed by atoms with Crippen molar-refractivity contribution in [1.29, 1.82) is 0 Å². The predicted octanol–water partition coefficient (Wildman–Crippen LogP) is 8.78. The summed E-state index contributed by atoms with van der Waals surface area (Å²) < 4.78 is 30.0. The summed E-state index contributed by atoms with van der Waals surface area (Å²) >= 11 is 0. The minimum absolute atomic E-state index is 0. The Morgan fingerprint density at radius 2 is 1.63 bits per heavy atom. The van der Waals surface area contributed by atoms with Gasteiger partial charge in [-0.25, -0.2) is 13.9 Å². The molecule has 10 heteroatoms. The van der Waals surface area contributed by atoms with E-state index in [1.165, 1.54) is 57.8 Å². The third-order valence-electron chi connectivity index (χ3n) is 14.1. The van der Waals surface area contributed by atoms with Crippen molar-refractivity contribution in [1.82, 2.24) is 5.32 Å². The van der Waals surface area contributed by atoms with Gasteiger partial charge in [0.2, 0.25) is 0 Å². The Morgan fingerprint density at radius 1 is 0.939 bits per heavy atom. The van der Waals surface area contributed by atoms with Crippen LogP contribution >= 0.6 is 7.82 Å². The maximum absolute atomic E-state index is 12.7. The van der Waals surface area contributed by atoms with E-state index >= 15 is 0 Å². The summed E-state index contributed by atoms with van der Waals surface area (Å²) in [5.41, 5.74) is 0.841. The molecule has 0 aliphatic heterocycles. The first kappa shape index (κ1) is 40.3. The quantitative estimate of drug-likeness (QED) is 0.106. The molecule has 4 saturated carbocycles. The Hall–Kier alpha value is -1.51. The molecule has 4 aliphatic carbocycles. The van der Waals surface area contributed by atoms with E-state index in [9.17, 15) is 14.3 Å². The average Bonchev–Trinajstić information content (AvgIpc) is 3.41. The highest BCUT2D eigenvalue weighted by atomic mass is 31.2. The normalized spacial score (nSPS) is 34.8. The van der Waals surface area contributed by atoms with E-state index in [0.29, 0.717) is 23.3 Å². The highest BCUT2D eigenvalue weighted by Gasteiger charge is 2.60. The van der Waals surface area contributed by atoms with Crippen LogP contribution < -0.4 is 9.88 Å². The van der Waals surface area contributed by atoms with E-state index < -0.39 is 13.9 Å². The topological polar surface area (TPSA) is 128 Å². The second-order valence-electron chi connectivity index (χ2n) is 16.8. The highest BCUT2D eigenvalue weighted by molar-refractivity contribution is 7.47. The molecule has 0 bridgehead atoms. The first-order valence-electron chi connectivity index (χ1n) is 19.4. The fourth-order valence-corrected chi connectivity index (χ4v) is 12.1. The zero-order chi connectivity index (χ0) is 34.5. The number of rotatable bonds is 15. The van der Waals surface area contributed by atoms with E-state index in [4.69, 9.17) is 13.8 Å². The zero-order valence-electron chi connectivity index (χ0n) is 31.2. The summed E-state index contributed by atoms with van der Waals surface area (Å²) in [6.45, 7) is 15.4. The third-order valence-corrected chi connectivity index (χ3v) is 15.1. The summed E-state index contributed by atoms with van der Waals surface area (Å²) in [6.07, 6.45) is 18.4.